The summed E-state index contributed by atoms with van der Waals surface area (Å²) in [6.45, 7) is 0.521. The lowest BCUT2D eigenvalue weighted by Crippen LogP contribution is -2.31. The van der Waals surface area contributed by atoms with Gasteiger partial charge in [-0.15, -0.1) is 0 Å². The van der Waals surface area contributed by atoms with Gasteiger partial charge in [-0.2, -0.15) is 0 Å². The van der Waals surface area contributed by atoms with E-state index >= 15 is 0 Å². The highest BCUT2D eigenvalue weighted by Gasteiger charge is 2.38. The van der Waals surface area contributed by atoms with Crippen molar-refractivity contribution in [3.05, 3.63) is 66.1 Å². The SMILES string of the molecule is COc1ccc(C(=O)NCC2CC2NC(=O)c2cc3ccccn3c2)cn1. The summed E-state index contributed by atoms with van der Waals surface area (Å²) in [7, 11) is 1.53. The predicted octanol–water partition coefficient (Wildman–Crippen LogP) is 1.89. The molecule has 2 unspecified atom stereocenters. The van der Waals surface area contributed by atoms with Gasteiger partial charge in [0.25, 0.3) is 11.8 Å². The fourth-order valence-corrected chi connectivity index (χ4v) is 3.04. The molecule has 138 valence electrons. The third-order valence-corrected chi connectivity index (χ3v) is 4.74. The lowest BCUT2D eigenvalue weighted by Gasteiger charge is -2.06. The second kappa shape index (κ2) is 7.11. The first kappa shape index (κ1) is 17.1. The van der Waals surface area contributed by atoms with Crippen LogP contribution in [-0.2, 0) is 0 Å². The van der Waals surface area contributed by atoms with Crippen LogP contribution in [0.3, 0.4) is 0 Å². The molecule has 27 heavy (non-hydrogen) atoms. The van der Waals surface area contributed by atoms with Crippen molar-refractivity contribution in [2.24, 2.45) is 5.92 Å². The standard InChI is InChI=1S/C20H20N4O3/c1-27-18-6-5-13(10-21-18)19(25)22-11-14-9-17(14)23-20(26)15-8-16-4-2-3-7-24(16)12-15/h2-8,10,12,14,17H,9,11H2,1H3,(H,22,25)(H,23,26). The predicted molar refractivity (Wildman–Crippen MR) is 99.9 cm³/mol. The van der Waals surface area contributed by atoms with Gasteiger partial charge in [0.2, 0.25) is 5.88 Å². The lowest BCUT2D eigenvalue weighted by atomic mass is 10.2. The molecule has 2 amide bonds. The van der Waals surface area contributed by atoms with Gasteiger partial charge < -0.3 is 19.8 Å². The van der Waals surface area contributed by atoms with Gasteiger partial charge in [-0.25, -0.2) is 4.98 Å². The van der Waals surface area contributed by atoms with Crippen molar-refractivity contribution in [3.63, 3.8) is 0 Å². The van der Waals surface area contributed by atoms with E-state index in [1.807, 2.05) is 41.1 Å². The maximum atomic E-state index is 12.4. The molecule has 1 saturated carbocycles. The van der Waals surface area contributed by atoms with Gasteiger partial charge in [0.1, 0.15) is 0 Å². The van der Waals surface area contributed by atoms with Crippen LogP contribution in [0, 0.1) is 5.92 Å². The number of methoxy groups -OCH3 is 1. The Bertz CT molecular complexity index is 947. The lowest BCUT2D eigenvalue weighted by molar-refractivity contribution is 0.0949. The zero-order chi connectivity index (χ0) is 18.8. The molecular formula is C20H20N4O3. The molecule has 7 nitrogen and oxygen atoms in total. The summed E-state index contributed by atoms with van der Waals surface area (Å²) < 4.78 is 6.90. The fourth-order valence-electron chi connectivity index (χ4n) is 3.04. The average Bonchev–Trinajstić information content (AvgIpc) is 3.28. The summed E-state index contributed by atoms with van der Waals surface area (Å²) >= 11 is 0. The van der Waals surface area contributed by atoms with E-state index in [4.69, 9.17) is 4.74 Å². The molecule has 3 aromatic rings. The smallest absolute Gasteiger partial charge is 0.253 e. The Morgan fingerprint density at radius 3 is 2.85 bits per heavy atom. The summed E-state index contributed by atoms with van der Waals surface area (Å²) in [6.07, 6.45) is 6.08. The molecule has 1 aliphatic rings. The highest BCUT2D eigenvalue weighted by molar-refractivity contribution is 5.96. The van der Waals surface area contributed by atoms with E-state index in [0.717, 1.165) is 11.9 Å². The van der Waals surface area contributed by atoms with Crippen LogP contribution in [0.25, 0.3) is 5.52 Å². The summed E-state index contributed by atoms with van der Waals surface area (Å²) in [6, 6.07) is 11.1. The molecule has 3 aromatic heterocycles. The minimum absolute atomic E-state index is 0.0862. The minimum Gasteiger partial charge on any atom is -0.481 e. The van der Waals surface area contributed by atoms with Crippen molar-refractivity contribution in [2.45, 2.75) is 12.5 Å². The number of nitrogens with one attached hydrogen (secondary N) is 2. The van der Waals surface area contributed by atoms with Crippen molar-refractivity contribution < 1.29 is 14.3 Å². The zero-order valence-corrected chi connectivity index (χ0v) is 14.9. The maximum absolute atomic E-state index is 12.4. The number of pyridine rings is 2. The van der Waals surface area contributed by atoms with E-state index in [1.165, 1.54) is 13.3 Å². The number of ether oxygens (including phenoxy) is 1. The Balaban J connectivity index is 1.27. The van der Waals surface area contributed by atoms with Gasteiger partial charge >= 0.3 is 0 Å². The number of fused-ring (bicyclic) bond motifs is 1. The molecular weight excluding hydrogens is 344 g/mol. The Morgan fingerprint density at radius 2 is 2.11 bits per heavy atom. The van der Waals surface area contributed by atoms with E-state index in [2.05, 4.69) is 15.6 Å². The van der Waals surface area contributed by atoms with Gasteiger partial charge in [0.05, 0.1) is 18.2 Å². The van der Waals surface area contributed by atoms with Gasteiger partial charge in [-0.1, -0.05) is 6.07 Å². The van der Waals surface area contributed by atoms with Crippen molar-refractivity contribution >= 4 is 17.3 Å². The molecule has 0 bridgehead atoms. The molecule has 0 radical (unpaired) electrons. The summed E-state index contributed by atoms with van der Waals surface area (Å²) in [5.74, 6) is 0.452. The second-order valence-corrected chi connectivity index (χ2v) is 6.64. The maximum Gasteiger partial charge on any atom is 0.253 e. The summed E-state index contributed by atoms with van der Waals surface area (Å²) in [5.41, 5.74) is 2.10. The van der Waals surface area contributed by atoms with Crippen LogP contribution in [0.2, 0.25) is 0 Å². The van der Waals surface area contributed by atoms with Gasteiger partial charge in [-0.3, -0.25) is 9.59 Å². The first-order chi connectivity index (χ1) is 13.1. The Morgan fingerprint density at radius 1 is 1.22 bits per heavy atom. The van der Waals surface area contributed by atoms with Crippen molar-refractivity contribution in [2.75, 3.05) is 13.7 Å². The number of carbonyl (C=O) groups is 2. The molecule has 0 saturated heterocycles. The highest BCUT2D eigenvalue weighted by atomic mass is 16.5. The largest absolute Gasteiger partial charge is 0.481 e. The molecule has 4 rings (SSSR count). The molecule has 1 aliphatic carbocycles. The Kier molecular flexibility index (Phi) is 4.50. The van der Waals surface area contributed by atoms with Crippen LogP contribution in [0.5, 0.6) is 5.88 Å². The van der Waals surface area contributed by atoms with Crippen molar-refractivity contribution in [3.8, 4) is 5.88 Å². The van der Waals surface area contributed by atoms with Gasteiger partial charge in [-0.05, 0) is 36.6 Å². The van der Waals surface area contributed by atoms with Gasteiger partial charge in [0, 0.05) is 42.8 Å². The number of aromatic nitrogens is 2. The van der Waals surface area contributed by atoms with E-state index in [0.29, 0.717) is 23.6 Å². The second-order valence-electron chi connectivity index (χ2n) is 6.64. The fraction of sp³-hybridized carbons (Fsp3) is 0.250. The highest BCUT2D eigenvalue weighted by Crippen LogP contribution is 2.30. The molecule has 0 aliphatic heterocycles. The van der Waals surface area contributed by atoms with E-state index in [-0.39, 0.29) is 23.8 Å². The minimum atomic E-state index is -0.180. The number of amides is 2. The Hall–Kier alpha value is -3.35. The van der Waals surface area contributed by atoms with Crippen LogP contribution in [0.4, 0.5) is 0 Å². The number of carbonyl (C=O) groups excluding carboxylic acids is 2. The Labute approximate surface area is 156 Å². The van der Waals surface area contributed by atoms with Crippen molar-refractivity contribution in [1.29, 1.82) is 0 Å². The molecule has 3 heterocycles. The van der Waals surface area contributed by atoms with Crippen LogP contribution in [0.15, 0.2) is 55.0 Å². The average molecular weight is 364 g/mol. The molecule has 1 fully saturated rings. The third-order valence-electron chi connectivity index (χ3n) is 4.74. The van der Waals surface area contributed by atoms with Gasteiger partial charge in [0.15, 0.2) is 0 Å². The van der Waals surface area contributed by atoms with E-state index in [1.54, 1.807) is 12.1 Å². The molecule has 2 atom stereocenters. The quantitative estimate of drug-likeness (QED) is 0.700. The normalized spacial score (nSPS) is 18.1. The van der Waals surface area contributed by atoms with Crippen molar-refractivity contribution in [1.82, 2.24) is 20.0 Å². The topological polar surface area (TPSA) is 84.7 Å². The molecule has 7 heteroatoms. The number of hydrogen-bond donors (Lipinski definition) is 2. The van der Waals surface area contributed by atoms with Crippen LogP contribution in [-0.4, -0.2) is 40.9 Å². The number of hydrogen-bond acceptors (Lipinski definition) is 4. The summed E-state index contributed by atoms with van der Waals surface area (Å²) in [5, 5.41) is 5.92. The number of nitrogens with zero attached hydrogens (tertiary/aromatic N) is 2. The van der Waals surface area contributed by atoms with Crippen LogP contribution >= 0.6 is 0 Å². The zero-order valence-electron chi connectivity index (χ0n) is 14.9. The van der Waals surface area contributed by atoms with Crippen LogP contribution in [0.1, 0.15) is 27.1 Å². The third kappa shape index (κ3) is 3.76. The first-order valence-electron chi connectivity index (χ1n) is 8.80. The summed E-state index contributed by atoms with van der Waals surface area (Å²) in [4.78, 5) is 28.6. The first-order valence-corrected chi connectivity index (χ1v) is 8.80. The molecule has 2 N–H and O–H groups in total. The monoisotopic (exact) mass is 364 g/mol. The molecule has 0 spiro atoms. The van der Waals surface area contributed by atoms with E-state index < -0.39 is 0 Å². The molecule has 0 aromatic carbocycles. The van der Waals surface area contributed by atoms with E-state index in [9.17, 15) is 9.59 Å². The number of rotatable bonds is 6. The van der Waals surface area contributed by atoms with Crippen LogP contribution < -0.4 is 15.4 Å².